The fourth-order valence-electron chi connectivity index (χ4n) is 1.58. The van der Waals surface area contributed by atoms with Gasteiger partial charge in [0, 0.05) is 12.7 Å². The lowest BCUT2D eigenvalue weighted by Gasteiger charge is -2.09. The number of nitrogens with zero attached hydrogens (tertiary/aromatic N) is 2. The van der Waals surface area contributed by atoms with Gasteiger partial charge >= 0.3 is 0 Å². The first-order valence-corrected chi connectivity index (χ1v) is 6.52. The van der Waals surface area contributed by atoms with Crippen molar-refractivity contribution in [1.29, 1.82) is 5.26 Å². The molecule has 0 atom stereocenters. The maximum Gasteiger partial charge on any atom is 0.174 e. The van der Waals surface area contributed by atoms with E-state index in [1.54, 1.807) is 6.20 Å². The van der Waals surface area contributed by atoms with E-state index in [0.29, 0.717) is 12.3 Å². The van der Waals surface area contributed by atoms with Crippen molar-refractivity contribution in [3.63, 3.8) is 0 Å². The van der Waals surface area contributed by atoms with Gasteiger partial charge in [0.2, 0.25) is 0 Å². The highest BCUT2D eigenvalue weighted by Crippen LogP contribution is 2.20. The molecule has 1 heterocycles. The Bertz CT molecular complexity index is 595. The minimum Gasteiger partial charge on any atom is -0.479 e. The van der Waals surface area contributed by atoms with Gasteiger partial charge in [-0.05, 0) is 45.8 Å². The predicted molar refractivity (Wildman–Crippen MR) is 76.8 cm³/mol. The van der Waals surface area contributed by atoms with Crippen LogP contribution in [0.25, 0.3) is 0 Å². The molecule has 0 aliphatic carbocycles. The maximum absolute atomic E-state index is 8.48. The molecule has 0 radical (unpaired) electrons. The van der Waals surface area contributed by atoms with E-state index in [4.69, 9.17) is 10.00 Å². The fraction of sp³-hybridized carbons (Fsp3) is 0.143. The molecule has 1 aromatic carbocycles. The Hall–Kier alpha value is -2.06. The number of anilines is 1. The second kappa shape index (κ2) is 6.76. The molecule has 5 heteroatoms. The van der Waals surface area contributed by atoms with E-state index in [2.05, 4.69) is 26.2 Å². The summed E-state index contributed by atoms with van der Waals surface area (Å²) >= 11 is 3.38. The third kappa shape index (κ3) is 3.97. The Kier molecular flexibility index (Phi) is 4.76. The molecule has 0 saturated carbocycles. The molecule has 0 unspecified atom stereocenters. The third-order valence-electron chi connectivity index (χ3n) is 2.44. The Morgan fingerprint density at radius 3 is 3.00 bits per heavy atom. The minimum atomic E-state index is 0.0606. The largest absolute Gasteiger partial charge is 0.479 e. The fourth-order valence-corrected chi connectivity index (χ4v) is 1.97. The molecule has 19 heavy (non-hydrogen) atoms. The standard InChI is InChI=1S/C14H12BrN3O/c15-14-13(5-2-7-17-14)18-10-11-3-1-4-12(9-11)19-8-6-16/h1-5,7,9,18H,8,10H2. The maximum atomic E-state index is 8.48. The number of halogens is 1. The molecular formula is C14H12BrN3O. The van der Waals surface area contributed by atoms with Crippen LogP contribution in [-0.4, -0.2) is 11.6 Å². The van der Waals surface area contributed by atoms with Gasteiger partial charge in [-0.15, -0.1) is 0 Å². The van der Waals surface area contributed by atoms with Crippen LogP contribution in [0.2, 0.25) is 0 Å². The first-order chi connectivity index (χ1) is 9.29. The van der Waals surface area contributed by atoms with Crippen LogP contribution < -0.4 is 10.1 Å². The highest BCUT2D eigenvalue weighted by Gasteiger charge is 2.00. The van der Waals surface area contributed by atoms with Crippen molar-refractivity contribution in [2.24, 2.45) is 0 Å². The summed E-state index contributed by atoms with van der Waals surface area (Å²) in [5, 5.41) is 11.8. The van der Waals surface area contributed by atoms with Gasteiger partial charge in [0.15, 0.2) is 6.61 Å². The van der Waals surface area contributed by atoms with Crippen molar-refractivity contribution in [1.82, 2.24) is 4.98 Å². The van der Waals surface area contributed by atoms with E-state index in [9.17, 15) is 0 Å². The molecule has 0 fully saturated rings. The Labute approximate surface area is 120 Å². The molecule has 2 aromatic rings. The second-order valence-corrected chi connectivity index (χ2v) is 4.54. The average molecular weight is 318 g/mol. The molecule has 1 aromatic heterocycles. The van der Waals surface area contributed by atoms with Crippen LogP contribution in [0.4, 0.5) is 5.69 Å². The van der Waals surface area contributed by atoms with E-state index in [1.807, 2.05) is 42.5 Å². The zero-order valence-corrected chi connectivity index (χ0v) is 11.7. The van der Waals surface area contributed by atoms with E-state index in [-0.39, 0.29) is 6.61 Å². The summed E-state index contributed by atoms with van der Waals surface area (Å²) in [7, 11) is 0. The lowest BCUT2D eigenvalue weighted by Crippen LogP contribution is -2.01. The number of benzene rings is 1. The van der Waals surface area contributed by atoms with E-state index < -0.39 is 0 Å². The number of aromatic nitrogens is 1. The number of nitriles is 1. The van der Waals surface area contributed by atoms with Crippen LogP contribution in [0.15, 0.2) is 47.2 Å². The van der Waals surface area contributed by atoms with Crippen molar-refractivity contribution in [2.75, 3.05) is 11.9 Å². The molecule has 0 aliphatic rings. The van der Waals surface area contributed by atoms with Gasteiger partial charge in [-0.3, -0.25) is 0 Å². The molecule has 0 amide bonds. The van der Waals surface area contributed by atoms with Gasteiger partial charge in [-0.25, -0.2) is 4.98 Å². The minimum absolute atomic E-state index is 0.0606. The molecule has 4 nitrogen and oxygen atoms in total. The predicted octanol–water partition coefficient (Wildman–Crippen LogP) is 3.36. The zero-order valence-electron chi connectivity index (χ0n) is 10.1. The lowest BCUT2D eigenvalue weighted by atomic mass is 10.2. The molecule has 0 bridgehead atoms. The van der Waals surface area contributed by atoms with E-state index in [0.717, 1.165) is 15.9 Å². The van der Waals surface area contributed by atoms with Crippen LogP contribution in [0, 0.1) is 11.3 Å². The Morgan fingerprint density at radius 1 is 1.32 bits per heavy atom. The summed E-state index contributed by atoms with van der Waals surface area (Å²) in [5.74, 6) is 0.700. The summed E-state index contributed by atoms with van der Waals surface area (Å²) in [6.07, 6.45) is 1.73. The number of pyridine rings is 1. The van der Waals surface area contributed by atoms with Crippen molar-refractivity contribution in [2.45, 2.75) is 6.54 Å². The molecule has 0 aliphatic heterocycles. The van der Waals surface area contributed by atoms with Crippen molar-refractivity contribution >= 4 is 21.6 Å². The van der Waals surface area contributed by atoms with Crippen molar-refractivity contribution in [3.05, 3.63) is 52.8 Å². The number of hydrogen-bond acceptors (Lipinski definition) is 4. The summed E-state index contributed by atoms with van der Waals surface area (Å²) in [6.45, 7) is 0.721. The lowest BCUT2D eigenvalue weighted by molar-refractivity contribution is 0.368. The topological polar surface area (TPSA) is 57.9 Å². The van der Waals surface area contributed by atoms with Gasteiger partial charge in [0.25, 0.3) is 0 Å². The molecular weight excluding hydrogens is 306 g/mol. The van der Waals surface area contributed by atoms with Crippen LogP contribution in [-0.2, 0) is 6.54 Å². The SMILES string of the molecule is N#CCOc1cccc(CNc2cccnc2Br)c1. The Morgan fingerprint density at radius 2 is 2.21 bits per heavy atom. The van der Waals surface area contributed by atoms with Crippen LogP contribution in [0.3, 0.4) is 0 Å². The molecule has 0 saturated heterocycles. The van der Waals surface area contributed by atoms with Crippen molar-refractivity contribution in [3.8, 4) is 11.8 Å². The van der Waals surface area contributed by atoms with Gasteiger partial charge in [0.1, 0.15) is 16.4 Å². The molecule has 1 N–H and O–H groups in total. The number of nitrogens with one attached hydrogen (secondary N) is 1. The van der Waals surface area contributed by atoms with Crippen LogP contribution >= 0.6 is 15.9 Å². The molecule has 2 rings (SSSR count). The van der Waals surface area contributed by atoms with Crippen LogP contribution in [0.1, 0.15) is 5.56 Å². The molecule has 0 spiro atoms. The average Bonchev–Trinajstić information content (AvgIpc) is 2.45. The highest BCUT2D eigenvalue weighted by molar-refractivity contribution is 9.10. The number of hydrogen-bond donors (Lipinski definition) is 1. The quantitative estimate of drug-likeness (QED) is 0.859. The van der Waals surface area contributed by atoms with E-state index in [1.165, 1.54) is 0 Å². The van der Waals surface area contributed by atoms with Gasteiger partial charge in [0.05, 0.1) is 5.69 Å². The zero-order chi connectivity index (χ0) is 13.5. The monoisotopic (exact) mass is 317 g/mol. The van der Waals surface area contributed by atoms with Gasteiger partial charge in [-0.1, -0.05) is 12.1 Å². The first kappa shape index (κ1) is 13.4. The third-order valence-corrected chi connectivity index (χ3v) is 3.08. The number of rotatable bonds is 5. The van der Waals surface area contributed by atoms with E-state index >= 15 is 0 Å². The first-order valence-electron chi connectivity index (χ1n) is 5.72. The number of ether oxygens (including phenoxy) is 1. The van der Waals surface area contributed by atoms with Gasteiger partial charge in [-0.2, -0.15) is 5.26 Å². The summed E-state index contributed by atoms with van der Waals surface area (Å²) in [4.78, 5) is 4.14. The second-order valence-electron chi connectivity index (χ2n) is 3.79. The van der Waals surface area contributed by atoms with Crippen molar-refractivity contribution < 1.29 is 4.74 Å². The summed E-state index contributed by atoms with van der Waals surface area (Å²) in [6, 6.07) is 13.4. The smallest absolute Gasteiger partial charge is 0.174 e. The van der Waals surface area contributed by atoms with Gasteiger partial charge < -0.3 is 10.1 Å². The molecule has 96 valence electrons. The normalized spacial score (nSPS) is 9.68. The Balaban J connectivity index is 2.00. The van der Waals surface area contributed by atoms with Crippen LogP contribution in [0.5, 0.6) is 5.75 Å². The summed E-state index contributed by atoms with van der Waals surface area (Å²) < 4.78 is 6.05. The summed E-state index contributed by atoms with van der Waals surface area (Å²) in [5.41, 5.74) is 2.01. The highest BCUT2D eigenvalue weighted by atomic mass is 79.9.